The van der Waals surface area contributed by atoms with Gasteiger partial charge in [-0.15, -0.1) is 0 Å². The molecule has 6 heteroatoms. The molecule has 1 aromatic carbocycles. The molecule has 1 rings (SSSR count). The van der Waals surface area contributed by atoms with Gasteiger partial charge in [0.05, 0.1) is 17.0 Å². The molecule has 0 heterocycles. The van der Waals surface area contributed by atoms with Gasteiger partial charge in [-0.1, -0.05) is 6.92 Å². The molecule has 0 unspecified atom stereocenters. The number of halogens is 1. The van der Waals surface area contributed by atoms with Crippen molar-refractivity contribution in [2.45, 2.75) is 25.9 Å². The summed E-state index contributed by atoms with van der Waals surface area (Å²) in [6.07, 6.45) is 0.527. The van der Waals surface area contributed by atoms with E-state index in [-0.39, 0.29) is 0 Å². The van der Waals surface area contributed by atoms with Crippen LogP contribution in [0.15, 0.2) is 4.99 Å². The van der Waals surface area contributed by atoms with Gasteiger partial charge in [0.1, 0.15) is 0 Å². The van der Waals surface area contributed by atoms with Gasteiger partial charge in [-0.3, -0.25) is 4.99 Å². The second-order valence-corrected chi connectivity index (χ2v) is 5.12. The second-order valence-electron chi connectivity index (χ2n) is 4.04. The topological polar surface area (TPSA) is 116 Å². The van der Waals surface area contributed by atoms with Crippen LogP contribution in [0.1, 0.15) is 24.5 Å². The van der Waals surface area contributed by atoms with Crippen molar-refractivity contribution < 1.29 is 0 Å². The van der Waals surface area contributed by atoms with Crippen molar-refractivity contribution >= 4 is 46.4 Å². The molecule has 8 N–H and O–H groups in total. The normalized spacial score (nSPS) is 11.6. The largest absolute Gasteiger partial charge is 0.398 e. The molecule has 0 aliphatic heterocycles. The van der Waals surface area contributed by atoms with Gasteiger partial charge in [-0.2, -0.15) is 0 Å². The van der Waals surface area contributed by atoms with Crippen LogP contribution in [0.3, 0.4) is 0 Å². The number of hydrogen-bond donors (Lipinski definition) is 4. The zero-order valence-corrected chi connectivity index (χ0v) is 12.2. The molecule has 0 aliphatic carbocycles. The standard InChI is InChI=1S/C11H18IN5/c1-4-11(15,16)6-8(13)5(2)7(12)9(14)10(6)17-3/h3-4,13-16H2,1-2H3. The fourth-order valence-corrected chi connectivity index (χ4v) is 2.23. The molecule has 0 amide bonds. The first-order chi connectivity index (χ1) is 7.77. The average Bonchev–Trinajstić information content (AvgIpc) is 2.30. The zero-order chi connectivity index (χ0) is 13.4. The van der Waals surface area contributed by atoms with Gasteiger partial charge in [0, 0.05) is 14.8 Å². The van der Waals surface area contributed by atoms with Crippen molar-refractivity contribution in [2.24, 2.45) is 16.5 Å². The minimum Gasteiger partial charge on any atom is -0.398 e. The van der Waals surface area contributed by atoms with Crippen LogP contribution in [-0.4, -0.2) is 6.72 Å². The third kappa shape index (κ3) is 2.24. The van der Waals surface area contributed by atoms with Crippen LogP contribution in [0.4, 0.5) is 17.1 Å². The first kappa shape index (κ1) is 14.2. The molecule has 0 spiro atoms. The first-order valence-electron chi connectivity index (χ1n) is 5.19. The third-order valence-corrected chi connectivity index (χ3v) is 4.33. The maximum absolute atomic E-state index is 6.08. The van der Waals surface area contributed by atoms with Crippen LogP contribution in [0.5, 0.6) is 0 Å². The van der Waals surface area contributed by atoms with E-state index in [0.29, 0.717) is 29.0 Å². The minimum absolute atomic E-state index is 0.490. The molecule has 5 nitrogen and oxygen atoms in total. The molecular weight excluding hydrogens is 329 g/mol. The molecule has 1 aromatic rings. The van der Waals surface area contributed by atoms with Crippen molar-refractivity contribution in [3.8, 4) is 0 Å². The molecule has 0 fully saturated rings. The van der Waals surface area contributed by atoms with Crippen molar-refractivity contribution in [1.29, 1.82) is 0 Å². The number of benzene rings is 1. The highest BCUT2D eigenvalue weighted by molar-refractivity contribution is 14.1. The Hall–Kier alpha value is -0.860. The number of nitrogen functional groups attached to an aromatic ring is 2. The Morgan fingerprint density at radius 3 is 2.24 bits per heavy atom. The van der Waals surface area contributed by atoms with E-state index in [4.69, 9.17) is 22.9 Å². The van der Waals surface area contributed by atoms with Gasteiger partial charge < -0.3 is 22.9 Å². The molecule has 0 saturated carbocycles. The lowest BCUT2D eigenvalue weighted by Gasteiger charge is -2.28. The highest BCUT2D eigenvalue weighted by Gasteiger charge is 2.29. The van der Waals surface area contributed by atoms with E-state index in [0.717, 1.165) is 9.13 Å². The smallest absolute Gasteiger partial charge is 0.0947 e. The fourth-order valence-electron chi connectivity index (χ4n) is 1.69. The Morgan fingerprint density at radius 1 is 1.29 bits per heavy atom. The van der Waals surface area contributed by atoms with Gasteiger partial charge in [0.2, 0.25) is 0 Å². The Labute approximate surface area is 115 Å². The second kappa shape index (κ2) is 4.79. The van der Waals surface area contributed by atoms with Crippen molar-refractivity contribution in [3.63, 3.8) is 0 Å². The van der Waals surface area contributed by atoms with Crippen LogP contribution < -0.4 is 22.9 Å². The molecule has 0 atom stereocenters. The summed E-state index contributed by atoms with van der Waals surface area (Å²) < 4.78 is 0.859. The Morgan fingerprint density at radius 2 is 1.82 bits per heavy atom. The maximum atomic E-state index is 6.08. The molecule has 0 radical (unpaired) electrons. The van der Waals surface area contributed by atoms with Crippen molar-refractivity contribution in [1.82, 2.24) is 0 Å². The van der Waals surface area contributed by atoms with Crippen molar-refractivity contribution in [2.75, 3.05) is 11.5 Å². The molecule has 0 aliphatic rings. The Bertz CT molecular complexity index is 468. The van der Waals surface area contributed by atoms with E-state index in [1.165, 1.54) is 0 Å². The summed E-state index contributed by atoms with van der Waals surface area (Å²) in [5, 5.41) is 0. The Kier molecular flexibility index (Phi) is 4.00. The van der Waals surface area contributed by atoms with Gasteiger partial charge >= 0.3 is 0 Å². The van der Waals surface area contributed by atoms with E-state index in [1.54, 1.807) is 0 Å². The zero-order valence-electron chi connectivity index (χ0n) is 10.0. The number of aliphatic imine (C=N–C) groups is 1. The molecule has 94 valence electrons. The van der Waals surface area contributed by atoms with Gasteiger partial charge in [-0.05, 0) is 48.2 Å². The highest BCUT2D eigenvalue weighted by atomic mass is 127. The van der Waals surface area contributed by atoms with E-state index in [1.807, 2.05) is 13.8 Å². The minimum atomic E-state index is -1.05. The first-order valence-corrected chi connectivity index (χ1v) is 6.27. The van der Waals surface area contributed by atoms with E-state index in [9.17, 15) is 0 Å². The number of nitrogens with zero attached hydrogens (tertiary/aromatic N) is 1. The summed E-state index contributed by atoms with van der Waals surface area (Å²) in [5.74, 6) is 0. The number of anilines is 2. The fraction of sp³-hybridized carbons (Fsp3) is 0.364. The van der Waals surface area contributed by atoms with Crippen LogP contribution in [-0.2, 0) is 5.66 Å². The van der Waals surface area contributed by atoms with Crippen LogP contribution in [0, 0.1) is 10.5 Å². The third-order valence-electron chi connectivity index (χ3n) is 2.94. The SMILES string of the molecule is C=Nc1c(N)c(I)c(C)c(N)c1C(N)(N)CC. The van der Waals surface area contributed by atoms with E-state index < -0.39 is 5.66 Å². The number of nitrogens with two attached hydrogens (primary N) is 4. The highest BCUT2D eigenvalue weighted by Crippen LogP contribution is 2.42. The number of rotatable bonds is 3. The van der Waals surface area contributed by atoms with E-state index in [2.05, 4.69) is 34.3 Å². The summed E-state index contributed by atoms with van der Waals surface area (Å²) in [6, 6.07) is 0. The van der Waals surface area contributed by atoms with Crippen LogP contribution in [0.25, 0.3) is 0 Å². The summed E-state index contributed by atoms with van der Waals surface area (Å²) >= 11 is 2.13. The summed E-state index contributed by atoms with van der Waals surface area (Å²) in [4.78, 5) is 3.93. The molecule has 0 saturated heterocycles. The molecule has 0 aromatic heterocycles. The van der Waals surface area contributed by atoms with Crippen molar-refractivity contribution in [3.05, 3.63) is 14.7 Å². The van der Waals surface area contributed by atoms with E-state index >= 15 is 0 Å². The van der Waals surface area contributed by atoms with Crippen LogP contribution >= 0.6 is 22.6 Å². The monoisotopic (exact) mass is 347 g/mol. The maximum Gasteiger partial charge on any atom is 0.0947 e. The van der Waals surface area contributed by atoms with Gasteiger partial charge in [0.15, 0.2) is 0 Å². The predicted octanol–water partition coefficient (Wildman–Crippen LogP) is 1.58. The van der Waals surface area contributed by atoms with Gasteiger partial charge in [-0.25, -0.2) is 0 Å². The quantitative estimate of drug-likeness (QED) is 0.287. The van der Waals surface area contributed by atoms with Gasteiger partial charge in [0.25, 0.3) is 0 Å². The number of hydrogen-bond acceptors (Lipinski definition) is 5. The molecular formula is C11H18IN5. The Balaban J connectivity index is 3.76. The average molecular weight is 347 g/mol. The summed E-state index contributed by atoms with van der Waals surface area (Å²) in [6.45, 7) is 7.28. The summed E-state index contributed by atoms with van der Waals surface area (Å²) in [7, 11) is 0. The lowest BCUT2D eigenvalue weighted by molar-refractivity contribution is 0.450. The van der Waals surface area contributed by atoms with Crippen LogP contribution in [0.2, 0.25) is 0 Å². The summed E-state index contributed by atoms with van der Waals surface area (Å²) in [5.41, 5.74) is 26.1. The predicted molar refractivity (Wildman–Crippen MR) is 82.3 cm³/mol. The lowest BCUT2D eigenvalue weighted by Crippen LogP contribution is -2.46. The molecule has 17 heavy (non-hydrogen) atoms. The molecule has 0 bridgehead atoms. The lowest BCUT2D eigenvalue weighted by atomic mass is 9.92.